The summed E-state index contributed by atoms with van der Waals surface area (Å²) in [5.41, 5.74) is 4.20. The first-order chi connectivity index (χ1) is 18.3. The standard InChI is InChI=1S/C34H20N2S/c1-3-12-25-23(10-1)24-11-2-4-13-26(24)30-20-36-31(19-29(25)30)21-8-7-9-22(18-21)33-34-28(16-17-35-33)27-14-5-6-15-32(27)37-34/h1-20H. The van der Waals surface area contributed by atoms with Gasteiger partial charge in [0.05, 0.1) is 16.1 Å². The Morgan fingerprint density at radius 1 is 0.459 bits per heavy atom. The van der Waals surface area contributed by atoms with Gasteiger partial charge in [-0.05, 0) is 51.2 Å². The fourth-order valence-electron chi connectivity index (χ4n) is 5.64. The van der Waals surface area contributed by atoms with Crippen LogP contribution >= 0.6 is 11.3 Å². The predicted octanol–water partition coefficient (Wildman–Crippen LogP) is 9.64. The Morgan fingerprint density at radius 3 is 1.89 bits per heavy atom. The fraction of sp³-hybridized carbons (Fsp3) is 0. The third-order valence-electron chi connectivity index (χ3n) is 7.35. The molecule has 0 unspecified atom stereocenters. The lowest BCUT2D eigenvalue weighted by molar-refractivity contribution is 1.35. The first kappa shape index (κ1) is 20.6. The molecule has 0 radical (unpaired) electrons. The van der Waals surface area contributed by atoms with E-state index in [1.165, 1.54) is 52.5 Å². The summed E-state index contributed by atoms with van der Waals surface area (Å²) in [4.78, 5) is 9.77. The summed E-state index contributed by atoms with van der Waals surface area (Å²) >= 11 is 1.81. The molecule has 5 aromatic carbocycles. The molecule has 0 N–H and O–H groups in total. The van der Waals surface area contributed by atoms with Crippen molar-refractivity contribution in [3.05, 3.63) is 122 Å². The molecular formula is C34H20N2S. The van der Waals surface area contributed by atoms with Gasteiger partial charge in [0.15, 0.2) is 0 Å². The largest absolute Gasteiger partial charge is 0.256 e. The van der Waals surface area contributed by atoms with E-state index < -0.39 is 0 Å². The topological polar surface area (TPSA) is 25.8 Å². The summed E-state index contributed by atoms with van der Waals surface area (Å²) < 4.78 is 2.52. The number of hydrogen-bond acceptors (Lipinski definition) is 3. The van der Waals surface area contributed by atoms with Crippen molar-refractivity contribution in [2.45, 2.75) is 0 Å². The molecule has 8 aromatic rings. The zero-order valence-corrected chi connectivity index (χ0v) is 20.7. The fourth-order valence-corrected chi connectivity index (χ4v) is 6.85. The Kier molecular flexibility index (Phi) is 4.42. The van der Waals surface area contributed by atoms with Crippen LogP contribution in [0.4, 0.5) is 0 Å². The maximum absolute atomic E-state index is 4.95. The van der Waals surface area contributed by atoms with E-state index >= 15 is 0 Å². The van der Waals surface area contributed by atoms with Gasteiger partial charge in [-0.25, -0.2) is 0 Å². The molecule has 0 saturated heterocycles. The summed E-state index contributed by atoms with van der Waals surface area (Å²) in [5, 5.41) is 10.0. The second-order valence-corrected chi connectivity index (χ2v) is 10.5. The minimum atomic E-state index is 0.971. The number of hydrogen-bond donors (Lipinski definition) is 0. The summed E-state index contributed by atoms with van der Waals surface area (Å²) in [6.45, 7) is 0. The maximum atomic E-state index is 4.95. The lowest BCUT2D eigenvalue weighted by atomic mass is 9.94. The second kappa shape index (κ2) is 7.95. The molecule has 0 bridgehead atoms. The summed E-state index contributed by atoms with van der Waals surface area (Å²) in [5.74, 6) is 0. The molecule has 172 valence electrons. The molecule has 0 fully saturated rings. The maximum Gasteiger partial charge on any atom is 0.0880 e. The van der Waals surface area contributed by atoms with Crippen LogP contribution in [0.3, 0.4) is 0 Å². The molecule has 0 saturated carbocycles. The monoisotopic (exact) mass is 488 g/mol. The average molecular weight is 489 g/mol. The molecule has 0 aliphatic carbocycles. The highest BCUT2D eigenvalue weighted by molar-refractivity contribution is 7.26. The molecule has 0 atom stereocenters. The number of nitrogens with zero attached hydrogens (tertiary/aromatic N) is 2. The number of aromatic nitrogens is 2. The van der Waals surface area contributed by atoms with Gasteiger partial charge in [0.1, 0.15) is 0 Å². The Labute approximate surface area is 217 Å². The van der Waals surface area contributed by atoms with Gasteiger partial charge < -0.3 is 0 Å². The zero-order chi connectivity index (χ0) is 24.3. The Morgan fingerprint density at radius 2 is 1.11 bits per heavy atom. The van der Waals surface area contributed by atoms with Crippen molar-refractivity contribution in [2.75, 3.05) is 0 Å². The normalized spacial score (nSPS) is 11.8. The van der Waals surface area contributed by atoms with Crippen LogP contribution in [0.15, 0.2) is 122 Å². The first-order valence-electron chi connectivity index (χ1n) is 12.4. The average Bonchev–Trinajstić information content (AvgIpc) is 3.36. The van der Waals surface area contributed by atoms with Crippen molar-refractivity contribution in [1.29, 1.82) is 0 Å². The van der Waals surface area contributed by atoms with E-state index in [2.05, 4.69) is 109 Å². The van der Waals surface area contributed by atoms with Crippen LogP contribution in [-0.2, 0) is 0 Å². The molecule has 3 heteroatoms. The van der Waals surface area contributed by atoms with Crippen LogP contribution in [0.5, 0.6) is 0 Å². The zero-order valence-electron chi connectivity index (χ0n) is 19.8. The molecule has 0 spiro atoms. The lowest BCUT2D eigenvalue weighted by Gasteiger charge is -2.12. The van der Waals surface area contributed by atoms with Crippen molar-refractivity contribution >= 4 is 63.8 Å². The van der Waals surface area contributed by atoms with Crippen molar-refractivity contribution < 1.29 is 0 Å². The van der Waals surface area contributed by atoms with Crippen molar-refractivity contribution in [1.82, 2.24) is 9.97 Å². The second-order valence-electron chi connectivity index (χ2n) is 9.42. The summed E-state index contributed by atoms with van der Waals surface area (Å²) in [6.07, 6.45) is 3.96. The third-order valence-corrected chi connectivity index (χ3v) is 8.55. The van der Waals surface area contributed by atoms with Gasteiger partial charge >= 0.3 is 0 Å². The number of benzene rings is 5. The minimum absolute atomic E-state index is 0.971. The van der Waals surface area contributed by atoms with E-state index in [9.17, 15) is 0 Å². The van der Waals surface area contributed by atoms with Gasteiger partial charge in [0.2, 0.25) is 0 Å². The van der Waals surface area contributed by atoms with Crippen LogP contribution in [0.25, 0.3) is 75.0 Å². The van der Waals surface area contributed by atoms with E-state index in [0.717, 1.165) is 22.5 Å². The molecule has 0 aliphatic heterocycles. The molecule has 3 aromatic heterocycles. The first-order valence-corrected chi connectivity index (χ1v) is 13.2. The summed E-state index contributed by atoms with van der Waals surface area (Å²) in [6, 6.07) is 38.9. The molecule has 2 nitrogen and oxygen atoms in total. The number of fused-ring (bicyclic) bond motifs is 9. The Bertz CT molecular complexity index is 2120. The highest BCUT2D eigenvalue weighted by Gasteiger charge is 2.14. The van der Waals surface area contributed by atoms with Gasteiger partial charge in [0, 0.05) is 44.4 Å². The summed E-state index contributed by atoms with van der Waals surface area (Å²) in [7, 11) is 0. The lowest BCUT2D eigenvalue weighted by Crippen LogP contribution is -1.89. The van der Waals surface area contributed by atoms with Crippen molar-refractivity contribution in [3.8, 4) is 22.5 Å². The van der Waals surface area contributed by atoms with E-state index in [4.69, 9.17) is 9.97 Å². The molecule has 0 aliphatic rings. The van der Waals surface area contributed by atoms with E-state index in [0.29, 0.717) is 0 Å². The molecule has 0 amide bonds. The molecule has 37 heavy (non-hydrogen) atoms. The van der Waals surface area contributed by atoms with E-state index in [1.54, 1.807) is 0 Å². The van der Waals surface area contributed by atoms with Crippen LogP contribution < -0.4 is 0 Å². The molecule has 3 heterocycles. The Hall–Kier alpha value is -4.60. The number of rotatable bonds is 2. The molecular weight excluding hydrogens is 468 g/mol. The smallest absolute Gasteiger partial charge is 0.0880 e. The van der Waals surface area contributed by atoms with E-state index in [-0.39, 0.29) is 0 Å². The minimum Gasteiger partial charge on any atom is -0.256 e. The van der Waals surface area contributed by atoms with Gasteiger partial charge in [-0.3, -0.25) is 9.97 Å². The van der Waals surface area contributed by atoms with Crippen LogP contribution in [0.1, 0.15) is 0 Å². The van der Waals surface area contributed by atoms with Crippen LogP contribution in [0.2, 0.25) is 0 Å². The van der Waals surface area contributed by atoms with Crippen molar-refractivity contribution in [3.63, 3.8) is 0 Å². The predicted molar refractivity (Wildman–Crippen MR) is 158 cm³/mol. The van der Waals surface area contributed by atoms with Crippen LogP contribution in [-0.4, -0.2) is 9.97 Å². The third kappa shape index (κ3) is 3.11. The quantitative estimate of drug-likeness (QED) is 0.226. The number of thiophene rings is 1. The number of pyridine rings is 2. The highest BCUT2D eigenvalue weighted by atomic mass is 32.1. The Balaban J connectivity index is 1.34. The highest BCUT2D eigenvalue weighted by Crippen LogP contribution is 2.40. The van der Waals surface area contributed by atoms with Crippen LogP contribution in [0, 0.1) is 0 Å². The SMILES string of the molecule is c1cc(-c2cc3c4ccccc4c4ccccc4c3cn2)cc(-c2nccc3c2sc2ccccc23)c1. The molecule has 8 rings (SSSR count). The van der Waals surface area contributed by atoms with Gasteiger partial charge in [0.25, 0.3) is 0 Å². The van der Waals surface area contributed by atoms with Gasteiger partial charge in [-0.2, -0.15) is 0 Å². The van der Waals surface area contributed by atoms with Gasteiger partial charge in [-0.1, -0.05) is 84.9 Å². The van der Waals surface area contributed by atoms with Crippen molar-refractivity contribution in [2.24, 2.45) is 0 Å². The van der Waals surface area contributed by atoms with E-state index in [1.807, 2.05) is 23.7 Å². The van der Waals surface area contributed by atoms with Gasteiger partial charge in [-0.15, -0.1) is 11.3 Å².